The van der Waals surface area contributed by atoms with Crippen LogP contribution in [0.1, 0.15) is 20.3 Å². The molecule has 0 saturated carbocycles. The van der Waals surface area contributed by atoms with Gasteiger partial charge in [-0.1, -0.05) is 13.0 Å². The highest BCUT2D eigenvalue weighted by atomic mass is 14.9. The predicted octanol–water partition coefficient (Wildman–Crippen LogP) is 1.56. The van der Waals surface area contributed by atoms with Crippen LogP contribution in [-0.4, -0.2) is 12.6 Å². The zero-order chi connectivity index (χ0) is 6.62. The van der Waals surface area contributed by atoms with E-state index in [9.17, 15) is 0 Å². The van der Waals surface area contributed by atoms with Crippen molar-refractivity contribution in [2.24, 2.45) is 0 Å². The first-order valence-corrected chi connectivity index (χ1v) is 3.01. The summed E-state index contributed by atoms with van der Waals surface area (Å²) in [5.41, 5.74) is 0.139. The van der Waals surface area contributed by atoms with Gasteiger partial charge in [0.2, 0.25) is 0 Å². The molecule has 0 unspecified atom stereocenters. The molecule has 8 heavy (non-hydrogen) atoms. The van der Waals surface area contributed by atoms with E-state index < -0.39 is 0 Å². The maximum Gasteiger partial charge on any atom is 0.0327 e. The summed E-state index contributed by atoms with van der Waals surface area (Å²) in [6, 6.07) is 0. The minimum Gasteiger partial charge on any atom is -0.311 e. The first-order valence-electron chi connectivity index (χ1n) is 3.01. The first-order chi connectivity index (χ1) is 3.68. The third-order valence-electron chi connectivity index (χ3n) is 1.76. The lowest BCUT2D eigenvalue weighted by Gasteiger charge is -2.22. The summed E-state index contributed by atoms with van der Waals surface area (Å²) in [6.45, 7) is 7.97. The van der Waals surface area contributed by atoms with Crippen molar-refractivity contribution in [3.63, 3.8) is 0 Å². The van der Waals surface area contributed by atoms with Gasteiger partial charge in [0, 0.05) is 5.54 Å². The Kier molecular flexibility index (Phi) is 2.77. The van der Waals surface area contributed by atoms with E-state index in [1.54, 1.807) is 0 Å². The highest BCUT2D eigenvalue weighted by Crippen LogP contribution is 2.07. The fraction of sp³-hybridized carbons (Fsp3) is 0.714. The minimum atomic E-state index is 0.139. The van der Waals surface area contributed by atoms with Crippen molar-refractivity contribution < 1.29 is 0 Å². The van der Waals surface area contributed by atoms with Crippen molar-refractivity contribution in [2.75, 3.05) is 7.05 Å². The summed E-state index contributed by atoms with van der Waals surface area (Å²) >= 11 is 0. The van der Waals surface area contributed by atoms with Crippen molar-refractivity contribution in [1.82, 2.24) is 5.32 Å². The highest BCUT2D eigenvalue weighted by Gasteiger charge is 2.12. The standard InChI is InChI=1S/C7H15N/c1-5-7(3,6-2)8-4/h5,8H,1,6H2,2-4H3/t7-/m1/s1. The van der Waals surface area contributed by atoms with Gasteiger partial charge in [0.15, 0.2) is 0 Å². The molecule has 0 fully saturated rings. The second kappa shape index (κ2) is 2.88. The Hall–Kier alpha value is -0.300. The van der Waals surface area contributed by atoms with E-state index in [0.29, 0.717) is 0 Å². The van der Waals surface area contributed by atoms with Crippen molar-refractivity contribution in [2.45, 2.75) is 25.8 Å². The van der Waals surface area contributed by atoms with E-state index in [0.717, 1.165) is 6.42 Å². The smallest absolute Gasteiger partial charge is 0.0327 e. The van der Waals surface area contributed by atoms with Gasteiger partial charge in [-0.2, -0.15) is 0 Å². The molecule has 0 aromatic heterocycles. The molecule has 0 heterocycles. The molecule has 0 radical (unpaired) electrons. The first kappa shape index (κ1) is 7.70. The molecule has 0 aromatic rings. The Labute approximate surface area is 51.8 Å². The van der Waals surface area contributed by atoms with Gasteiger partial charge in [-0.25, -0.2) is 0 Å². The molecule has 1 N–H and O–H groups in total. The Morgan fingerprint density at radius 3 is 2.25 bits per heavy atom. The summed E-state index contributed by atoms with van der Waals surface area (Å²) in [5.74, 6) is 0. The van der Waals surface area contributed by atoms with E-state index in [-0.39, 0.29) is 5.54 Å². The predicted molar refractivity (Wildman–Crippen MR) is 38.0 cm³/mol. The number of hydrogen-bond donors (Lipinski definition) is 1. The maximum atomic E-state index is 3.71. The second-order valence-electron chi connectivity index (χ2n) is 2.23. The number of nitrogens with one attached hydrogen (secondary N) is 1. The van der Waals surface area contributed by atoms with Gasteiger partial charge in [0.1, 0.15) is 0 Å². The summed E-state index contributed by atoms with van der Waals surface area (Å²) < 4.78 is 0. The summed E-state index contributed by atoms with van der Waals surface area (Å²) in [5, 5.41) is 3.16. The monoisotopic (exact) mass is 113 g/mol. The lowest BCUT2D eigenvalue weighted by molar-refractivity contribution is 0.464. The van der Waals surface area contributed by atoms with E-state index in [1.165, 1.54) is 0 Å². The Balaban J connectivity index is 3.76. The summed E-state index contributed by atoms with van der Waals surface area (Å²) in [4.78, 5) is 0. The Bertz CT molecular complexity index is 72.5. The molecule has 0 amide bonds. The molecule has 0 rings (SSSR count). The molecule has 1 heteroatoms. The lowest BCUT2D eigenvalue weighted by atomic mass is 10.0. The van der Waals surface area contributed by atoms with E-state index in [1.807, 2.05) is 13.1 Å². The van der Waals surface area contributed by atoms with E-state index >= 15 is 0 Å². The SMILES string of the molecule is C=C[C@](C)(CC)NC. The van der Waals surface area contributed by atoms with Crippen LogP contribution in [0.2, 0.25) is 0 Å². The maximum absolute atomic E-state index is 3.71. The highest BCUT2D eigenvalue weighted by molar-refractivity contribution is 4.96. The fourth-order valence-corrected chi connectivity index (χ4v) is 0.423. The van der Waals surface area contributed by atoms with E-state index in [4.69, 9.17) is 0 Å². The summed E-state index contributed by atoms with van der Waals surface area (Å²) in [7, 11) is 1.95. The Morgan fingerprint density at radius 1 is 1.75 bits per heavy atom. The number of hydrogen-bond acceptors (Lipinski definition) is 1. The third kappa shape index (κ3) is 1.66. The van der Waals surface area contributed by atoms with Gasteiger partial charge >= 0.3 is 0 Å². The van der Waals surface area contributed by atoms with Crippen molar-refractivity contribution in [3.05, 3.63) is 12.7 Å². The molecule has 0 aliphatic heterocycles. The molecule has 0 spiro atoms. The van der Waals surface area contributed by atoms with Gasteiger partial charge < -0.3 is 5.32 Å². The van der Waals surface area contributed by atoms with E-state index in [2.05, 4.69) is 25.7 Å². The van der Waals surface area contributed by atoms with Crippen LogP contribution in [0.3, 0.4) is 0 Å². The van der Waals surface area contributed by atoms with Crippen LogP contribution in [0.5, 0.6) is 0 Å². The Morgan fingerprint density at radius 2 is 2.25 bits per heavy atom. The number of likely N-dealkylation sites (N-methyl/N-ethyl adjacent to an activating group) is 1. The normalized spacial score (nSPS) is 17.4. The molecule has 0 saturated heterocycles. The topological polar surface area (TPSA) is 12.0 Å². The zero-order valence-electron chi connectivity index (χ0n) is 5.99. The van der Waals surface area contributed by atoms with Crippen LogP contribution in [0.15, 0.2) is 12.7 Å². The van der Waals surface area contributed by atoms with Gasteiger partial charge in [-0.05, 0) is 20.4 Å². The molecular formula is C7H15N. The molecule has 48 valence electrons. The van der Waals surface area contributed by atoms with Crippen LogP contribution in [-0.2, 0) is 0 Å². The molecule has 0 aliphatic carbocycles. The van der Waals surface area contributed by atoms with Crippen LogP contribution >= 0.6 is 0 Å². The minimum absolute atomic E-state index is 0.139. The van der Waals surface area contributed by atoms with Crippen LogP contribution < -0.4 is 5.32 Å². The summed E-state index contributed by atoms with van der Waals surface area (Å²) in [6.07, 6.45) is 3.03. The molecular weight excluding hydrogens is 98.1 g/mol. The third-order valence-corrected chi connectivity index (χ3v) is 1.76. The van der Waals surface area contributed by atoms with Gasteiger partial charge in [0.25, 0.3) is 0 Å². The van der Waals surface area contributed by atoms with Crippen molar-refractivity contribution in [1.29, 1.82) is 0 Å². The fourth-order valence-electron chi connectivity index (χ4n) is 0.423. The van der Waals surface area contributed by atoms with Crippen LogP contribution in [0.25, 0.3) is 0 Å². The van der Waals surface area contributed by atoms with Gasteiger partial charge in [0.05, 0.1) is 0 Å². The average molecular weight is 113 g/mol. The van der Waals surface area contributed by atoms with Crippen LogP contribution in [0.4, 0.5) is 0 Å². The zero-order valence-corrected chi connectivity index (χ0v) is 5.99. The second-order valence-corrected chi connectivity index (χ2v) is 2.23. The molecule has 0 bridgehead atoms. The van der Waals surface area contributed by atoms with Crippen molar-refractivity contribution >= 4 is 0 Å². The quantitative estimate of drug-likeness (QED) is 0.548. The van der Waals surface area contributed by atoms with Gasteiger partial charge in [-0.15, -0.1) is 6.58 Å². The van der Waals surface area contributed by atoms with Crippen molar-refractivity contribution in [3.8, 4) is 0 Å². The van der Waals surface area contributed by atoms with Crippen LogP contribution in [0, 0.1) is 0 Å². The molecule has 1 nitrogen and oxygen atoms in total. The number of rotatable bonds is 3. The largest absolute Gasteiger partial charge is 0.311 e. The molecule has 0 aliphatic rings. The lowest BCUT2D eigenvalue weighted by Crippen LogP contribution is -2.36. The van der Waals surface area contributed by atoms with Gasteiger partial charge in [-0.3, -0.25) is 0 Å². The average Bonchev–Trinajstić information content (AvgIpc) is 1.87. The molecule has 0 aromatic carbocycles. The molecule has 1 atom stereocenters.